The number of nitrogens with zero attached hydrogens (tertiary/aromatic N) is 3. The van der Waals surface area contributed by atoms with Crippen LogP contribution in [0.25, 0.3) is 0 Å². The monoisotopic (exact) mass is 468 g/mol. The van der Waals surface area contributed by atoms with E-state index in [0.29, 0.717) is 15.5 Å². The molecule has 30 heavy (non-hydrogen) atoms. The highest BCUT2D eigenvalue weighted by Crippen LogP contribution is 2.40. The maximum atomic E-state index is 11.8. The Bertz CT molecular complexity index is 1100. The number of imide groups is 1. The molecule has 0 atom stereocenters. The molecule has 0 unspecified atom stereocenters. The van der Waals surface area contributed by atoms with Crippen molar-refractivity contribution in [1.82, 2.24) is 15.5 Å². The summed E-state index contributed by atoms with van der Waals surface area (Å²) in [5.41, 5.74) is 2.26. The molecular formula is C17H14Cl2N6O4S. The molecule has 1 aromatic carbocycles. The number of hydrogen-bond donors (Lipinski definition) is 4. The van der Waals surface area contributed by atoms with Crippen LogP contribution in [0.15, 0.2) is 38.0 Å². The van der Waals surface area contributed by atoms with E-state index in [1.165, 1.54) is 23.5 Å². The normalized spacial score (nSPS) is 11.1. The Kier molecular flexibility index (Phi) is 7.82. The van der Waals surface area contributed by atoms with E-state index in [9.17, 15) is 14.4 Å². The molecule has 0 aliphatic heterocycles. The lowest BCUT2D eigenvalue weighted by atomic mass is 10.1. The standard InChI is InChI=1S/C17H14Cl2N6O4S/c1-7(2)9-5-13(24-25-15(9)26)30-14-10(18)3-8(4-11(14)19)22-23-12(6-20)16(27)21-17(28)29/h3-5,7,22H,1-2H3,(H,21,27)(H,25,26)(H,28,29). The van der Waals surface area contributed by atoms with Crippen molar-refractivity contribution >= 4 is 58.4 Å². The van der Waals surface area contributed by atoms with E-state index in [-0.39, 0.29) is 27.2 Å². The second-order valence-corrected chi connectivity index (χ2v) is 7.80. The molecular weight excluding hydrogens is 455 g/mol. The van der Waals surface area contributed by atoms with Gasteiger partial charge in [0.1, 0.15) is 11.1 Å². The Morgan fingerprint density at radius 1 is 1.30 bits per heavy atom. The van der Waals surface area contributed by atoms with Gasteiger partial charge in [-0.15, -0.1) is 0 Å². The van der Waals surface area contributed by atoms with Gasteiger partial charge in [-0.05, 0) is 24.1 Å². The molecule has 156 valence electrons. The van der Waals surface area contributed by atoms with E-state index in [1.54, 1.807) is 6.07 Å². The van der Waals surface area contributed by atoms with Gasteiger partial charge in [-0.1, -0.05) is 48.8 Å². The maximum absolute atomic E-state index is 11.8. The number of nitriles is 1. The Balaban J connectivity index is 2.26. The average molecular weight is 469 g/mol. The van der Waals surface area contributed by atoms with Crippen LogP contribution in [0.4, 0.5) is 10.5 Å². The number of benzene rings is 1. The lowest BCUT2D eigenvalue weighted by molar-refractivity contribution is -0.114. The second-order valence-electron chi connectivity index (χ2n) is 5.96. The molecule has 1 heterocycles. The zero-order valence-electron chi connectivity index (χ0n) is 15.5. The predicted molar refractivity (Wildman–Crippen MR) is 112 cm³/mol. The highest BCUT2D eigenvalue weighted by atomic mass is 35.5. The van der Waals surface area contributed by atoms with Gasteiger partial charge in [-0.3, -0.25) is 20.3 Å². The van der Waals surface area contributed by atoms with E-state index < -0.39 is 17.7 Å². The molecule has 2 amide bonds. The average Bonchev–Trinajstić information content (AvgIpc) is 2.65. The second kappa shape index (κ2) is 10.1. The number of carbonyl (C=O) groups excluding carboxylic acids is 1. The number of hydrazone groups is 1. The summed E-state index contributed by atoms with van der Waals surface area (Å²) in [6, 6.07) is 6.01. The first kappa shape index (κ1) is 23.2. The number of hydrogen-bond acceptors (Lipinski definition) is 8. The molecule has 0 saturated heterocycles. The molecule has 0 fully saturated rings. The molecule has 1 aromatic heterocycles. The summed E-state index contributed by atoms with van der Waals surface area (Å²) < 4.78 is 0. The molecule has 13 heteroatoms. The maximum Gasteiger partial charge on any atom is 0.411 e. The molecule has 0 aliphatic rings. The van der Waals surface area contributed by atoms with Gasteiger partial charge in [0.25, 0.3) is 11.5 Å². The molecule has 2 aromatic rings. The summed E-state index contributed by atoms with van der Waals surface area (Å²) >= 11 is 13.7. The Morgan fingerprint density at radius 3 is 2.47 bits per heavy atom. The van der Waals surface area contributed by atoms with Crippen molar-refractivity contribution in [3.63, 3.8) is 0 Å². The molecule has 0 bridgehead atoms. The number of nitrogens with one attached hydrogen (secondary N) is 3. The summed E-state index contributed by atoms with van der Waals surface area (Å²) in [4.78, 5) is 34.3. The summed E-state index contributed by atoms with van der Waals surface area (Å²) in [7, 11) is 0. The topological polar surface area (TPSA) is 160 Å². The SMILES string of the molecule is CC(C)c1cc(Sc2c(Cl)cc(NN=C(C#N)C(=O)NC(=O)O)cc2Cl)n[nH]c1=O. The van der Waals surface area contributed by atoms with Gasteiger partial charge in [-0.2, -0.15) is 15.5 Å². The molecule has 0 saturated carbocycles. The van der Waals surface area contributed by atoms with E-state index in [2.05, 4.69) is 20.7 Å². The highest BCUT2D eigenvalue weighted by Gasteiger charge is 2.16. The third kappa shape index (κ3) is 5.96. The van der Waals surface area contributed by atoms with Crippen LogP contribution < -0.4 is 16.3 Å². The number of carboxylic acid groups (broad SMARTS) is 1. The summed E-state index contributed by atoms with van der Waals surface area (Å²) in [5.74, 6) is -1.19. The molecule has 0 radical (unpaired) electrons. The van der Waals surface area contributed by atoms with Crippen LogP contribution in [0.1, 0.15) is 25.3 Å². The minimum atomic E-state index is -1.62. The van der Waals surface area contributed by atoms with Crippen molar-refractivity contribution < 1.29 is 14.7 Å². The Labute approximate surface area is 184 Å². The Morgan fingerprint density at radius 2 is 1.93 bits per heavy atom. The smallest absolute Gasteiger partial charge is 0.411 e. The largest absolute Gasteiger partial charge is 0.465 e. The summed E-state index contributed by atoms with van der Waals surface area (Å²) in [5, 5.41) is 29.8. The number of halogens is 2. The van der Waals surface area contributed by atoms with E-state index in [1.807, 2.05) is 13.8 Å². The van der Waals surface area contributed by atoms with Crippen LogP contribution in [0.2, 0.25) is 10.0 Å². The van der Waals surface area contributed by atoms with Crippen molar-refractivity contribution in [3.8, 4) is 6.07 Å². The number of rotatable bonds is 6. The first-order chi connectivity index (χ1) is 14.1. The number of amides is 2. The van der Waals surface area contributed by atoms with Gasteiger partial charge in [0.15, 0.2) is 0 Å². The van der Waals surface area contributed by atoms with Crippen LogP contribution in [0, 0.1) is 11.3 Å². The number of anilines is 1. The number of aromatic amines is 1. The van der Waals surface area contributed by atoms with Gasteiger partial charge in [0.05, 0.1) is 20.6 Å². The van der Waals surface area contributed by atoms with Crippen molar-refractivity contribution in [3.05, 3.63) is 44.2 Å². The number of carbonyl (C=O) groups is 2. The third-order valence-corrected chi connectivity index (χ3v) is 5.36. The third-order valence-electron chi connectivity index (χ3n) is 3.47. The van der Waals surface area contributed by atoms with Crippen LogP contribution in [-0.2, 0) is 4.79 Å². The highest BCUT2D eigenvalue weighted by molar-refractivity contribution is 7.99. The fourth-order valence-electron chi connectivity index (χ4n) is 2.11. The quantitative estimate of drug-likeness (QED) is 0.370. The minimum Gasteiger partial charge on any atom is -0.465 e. The zero-order chi connectivity index (χ0) is 22.4. The molecule has 2 rings (SSSR count). The lowest BCUT2D eigenvalue weighted by Crippen LogP contribution is -2.34. The molecule has 0 aliphatic carbocycles. The van der Waals surface area contributed by atoms with E-state index >= 15 is 0 Å². The van der Waals surface area contributed by atoms with Gasteiger partial charge < -0.3 is 5.11 Å². The van der Waals surface area contributed by atoms with Crippen LogP contribution >= 0.6 is 35.0 Å². The van der Waals surface area contributed by atoms with E-state index in [0.717, 1.165) is 11.8 Å². The summed E-state index contributed by atoms with van der Waals surface area (Å²) in [6.07, 6.45) is -1.62. The van der Waals surface area contributed by atoms with Gasteiger partial charge in [0.2, 0.25) is 5.71 Å². The van der Waals surface area contributed by atoms with Gasteiger partial charge in [-0.25, -0.2) is 9.89 Å². The molecule has 4 N–H and O–H groups in total. The number of aromatic nitrogens is 2. The summed E-state index contributed by atoms with van der Waals surface area (Å²) in [6.45, 7) is 3.76. The fourth-order valence-corrected chi connectivity index (χ4v) is 3.63. The predicted octanol–water partition coefficient (Wildman–Crippen LogP) is 3.44. The first-order valence-electron chi connectivity index (χ1n) is 8.17. The van der Waals surface area contributed by atoms with Crippen LogP contribution in [-0.4, -0.2) is 33.0 Å². The van der Waals surface area contributed by atoms with Crippen molar-refractivity contribution in [2.75, 3.05) is 5.43 Å². The van der Waals surface area contributed by atoms with E-state index in [4.69, 9.17) is 33.6 Å². The fraction of sp³-hybridized carbons (Fsp3) is 0.176. The Hall–Kier alpha value is -3.07. The lowest BCUT2D eigenvalue weighted by Gasteiger charge is -2.10. The van der Waals surface area contributed by atoms with Crippen molar-refractivity contribution in [1.29, 1.82) is 5.26 Å². The van der Waals surface area contributed by atoms with Gasteiger partial charge in [0, 0.05) is 5.56 Å². The van der Waals surface area contributed by atoms with Crippen molar-refractivity contribution in [2.45, 2.75) is 29.7 Å². The molecule has 0 spiro atoms. The first-order valence-corrected chi connectivity index (χ1v) is 9.74. The zero-order valence-corrected chi connectivity index (χ0v) is 17.8. The van der Waals surface area contributed by atoms with Gasteiger partial charge >= 0.3 is 6.09 Å². The van der Waals surface area contributed by atoms with Crippen molar-refractivity contribution in [2.24, 2.45) is 5.10 Å². The van der Waals surface area contributed by atoms with Crippen LogP contribution in [0.3, 0.4) is 0 Å². The van der Waals surface area contributed by atoms with Crippen LogP contribution in [0.5, 0.6) is 0 Å². The molecule has 10 nitrogen and oxygen atoms in total. The number of H-pyrrole nitrogens is 1. The minimum absolute atomic E-state index is 0.000797.